The van der Waals surface area contributed by atoms with Gasteiger partial charge in [0.25, 0.3) is 0 Å². The van der Waals surface area contributed by atoms with E-state index in [2.05, 4.69) is 4.90 Å². The smallest absolute Gasteiger partial charge is 0.329 e. The highest BCUT2D eigenvalue weighted by Gasteiger charge is 2.31. The van der Waals surface area contributed by atoms with Gasteiger partial charge in [-0.3, -0.25) is 0 Å². The summed E-state index contributed by atoms with van der Waals surface area (Å²) in [6, 6.07) is -0.110. The van der Waals surface area contributed by atoms with E-state index in [4.69, 9.17) is 0 Å². The highest BCUT2D eigenvalue weighted by molar-refractivity contribution is 5.74. The summed E-state index contributed by atoms with van der Waals surface area (Å²) in [6.07, 6.45) is 1.12. The lowest BCUT2D eigenvalue weighted by Gasteiger charge is -2.40. The van der Waals surface area contributed by atoms with Crippen molar-refractivity contribution in [3.63, 3.8) is 0 Å². The Labute approximate surface area is 117 Å². The molecule has 0 aliphatic carbocycles. The molecular formula is C13H22F3N3O. The molecular weight excluding hydrogens is 271 g/mol. The van der Waals surface area contributed by atoms with Crippen LogP contribution < -0.4 is 5.32 Å². The summed E-state index contributed by atoms with van der Waals surface area (Å²) >= 11 is 0. The third-order valence-corrected chi connectivity index (χ3v) is 4.10. The van der Waals surface area contributed by atoms with E-state index in [-0.39, 0.29) is 0 Å². The minimum absolute atomic E-state index is 0.488. The Morgan fingerprint density at radius 2 is 1.65 bits per heavy atom. The van der Waals surface area contributed by atoms with Crippen LogP contribution in [0.25, 0.3) is 0 Å². The second-order valence-electron chi connectivity index (χ2n) is 5.59. The third-order valence-electron chi connectivity index (χ3n) is 4.10. The van der Waals surface area contributed by atoms with E-state index in [9.17, 15) is 18.0 Å². The first-order valence-corrected chi connectivity index (χ1v) is 7.29. The van der Waals surface area contributed by atoms with Crippen molar-refractivity contribution in [1.82, 2.24) is 15.1 Å². The average molecular weight is 293 g/mol. The zero-order valence-corrected chi connectivity index (χ0v) is 11.6. The van der Waals surface area contributed by atoms with Crippen LogP contribution in [0.15, 0.2) is 0 Å². The molecule has 0 saturated carbocycles. The molecule has 0 aromatic heterocycles. The fourth-order valence-electron chi connectivity index (χ4n) is 3.01. The van der Waals surface area contributed by atoms with Gasteiger partial charge < -0.3 is 15.1 Å². The van der Waals surface area contributed by atoms with Crippen LogP contribution in [0.4, 0.5) is 18.0 Å². The van der Waals surface area contributed by atoms with Crippen molar-refractivity contribution in [2.75, 3.05) is 32.7 Å². The van der Waals surface area contributed by atoms with Crippen LogP contribution in [0.3, 0.4) is 0 Å². The number of hydrogen-bond donors (Lipinski definition) is 1. The number of urea groups is 1. The van der Waals surface area contributed by atoms with Crippen molar-refractivity contribution < 1.29 is 18.0 Å². The molecule has 116 valence electrons. The van der Waals surface area contributed by atoms with E-state index in [1.54, 1.807) is 0 Å². The van der Waals surface area contributed by atoms with Crippen molar-refractivity contribution in [3.8, 4) is 0 Å². The molecule has 0 atom stereocenters. The molecule has 0 aromatic carbocycles. The molecule has 2 rings (SSSR count). The summed E-state index contributed by atoms with van der Waals surface area (Å²) in [7, 11) is 0. The maximum absolute atomic E-state index is 12.0. The van der Waals surface area contributed by atoms with Crippen LogP contribution in [0.5, 0.6) is 0 Å². The van der Waals surface area contributed by atoms with Gasteiger partial charge in [0.05, 0.1) is 0 Å². The van der Waals surface area contributed by atoms with Gasteiger partial charge in [-0.15, -0.1) is 0 Å². The molecule has 4 nitrogen and oxygen atoms in total. The Morgan fingerprint density at radius 1 is 1.05 bits per heavy atom. The van der Waals surface area contributed by atoms with Gasteiger partial charge in [-0.1, -0.05) is 6.42 Å². The molecule has 0 spiro atoms. The number of nitrogens with zero attached hydrogens (tertiary/aromatic N) is 2. The molecule has 0 radical (unpaired) electrons. The zero-order valence-electron chi connectivity index (χ0n) is 11.6. The van der Waals surface area contributed by atoms with Crippen LogP contribution in [0, 0.1) is 0 Å². The molecule has 2 saturated heterocycles. The van der Waals surface area contributed by atoms with Crippen LogP contribution in [0.2, 0.25) is 0 Å². The predicted octanol–water partition coefficient (Wildman–Crippen LogP) is 2.21. The monoisotopic (exact) mass is 293 g/mol. The van der Waals surface area contributed by atoms with E-state index < -0.39 is 18.8 Å². The molecule has 2 aliphatic rings. The lowest BCUT2D eigenvalue weighted by atomic mass is 10.0. The lowest BCUT2D eigenvalue weighted by Crippen LogP contribution is -2.51. The second-order valence-corrected chi connectivity index (χ2v) is 5.59. The summed E-state index contributed by atoms with van der Waals surface area (Å²) in [6.45, 7) is 2.07. The van der Waals surface area contributed by atoms with Crippen LogP contribution in [-0.4, -0.2) is 60.8 Å². The van der Waals surface area contributed by atoms with Gasteiger partial charge in [-0.05, 0) is 38.8 Å². The number of nitrogens with one attached hydrogen (secondary N) is 1. The molecule has 20 heavy (non-hydrogen) atoms. The summed E-state index contributed by atoms with van der Waals surface area (Å²) < 4.78 is 36.1. The van der Waals surface area contributed by atoms with E-state index in [1.165, 1.54) is 24.2 Å². The Bertz CT molecular complexity index is 321. The van der Waals surface area contributed by atoms with Gasteiger partial charge in [0.1, 0.15) is 6.54 Å². The molecule has 7 heteroatoms. The quantitative estimate of drug-likeness (QED) is 0.847. The van der Waals surface area contributed by atoms with Gasteiger partial charge in [0.2, 0.25) is 0 Å². The minimum atomic E-state index is -4.35. The maximum atomic E-state index is 12.0. The number of piperidine rings is 2. The van der Waals surface area contributed by atoms with E-state index in [0.717, 1.165) is 25.9 Å². The predicted molar refractivity (Wildman–Crippen MR) is 69.5 cm³/mol. The van der Waals surface area contributed by atoms with Crippen molar-refractivity contribution in [2.45, 2.75) is 44.3 Å². The van der Waals surface area contributed by atoms with Crippen molar-refractivity contribution >= 4 is 6.03 Å². The van der Waals surface area contributed by atoms with Crippen LogP contribution in [-0.2, 0) is 0 Å². The summed E-state index contributed by atoms with van der Waals surface area (Å²) in [5.74, 6) is 0. The summed E-state index contributed by atoms with van der Waals surface area (Å²) in [5.41, 5.74) is 0. The van der Waals surface area contributed by atoms with Crippen LogP contribution >= 0.6 is 0 Å². The van der Waals surface area contributed by atoms with E-state index in [0.29, 0.717) is 19.1 Å². The highest BCUT2D eigenvalue weighted by atomic mass is 19.4. The van der Waals surface area contributed by atoms with Gasteiger partial charge in [-0.25, -0.2) is 4.79 Å². The number of halogens is 3. The molecule has 2 aliphatic heterocycles. The number of amides is 2. The summed E-state index contributed by atoms with van der Waals surface area (Å²) in [4.78, 5) is 15.6. The largest absolute Gasteiger partial charge is 0.405 e. The SMILES string of the molecule is O=C(NCC(F)(F)F)N1CCC(N2CCCCC2)CC1. The Balaban J connectivity index is 1.71. The molecule has 0 aromatic rings. The number of rotatable bonds is 2. The Hall–Kier alpha value is -0.980. The zero-order chi connectivity index (χ0) is 14.6. The Kier molecular flexibility index (Phi) is 5.12. The number of carbonyl (C=O) groups excluding carboxylic acids is 1. The van der Waals surface area contributed by atoms with Gasteiger partial charge in [0.15, 0.2) is 0 Å². The van der Waals surface area contributed by atoms with Gasteiger partial charge >= 0.3 is 12.2 Å². The molecule has 0 unspecified atom stereocenters. The van der Waals surface area contributed by atoms with Crippen molar-refractivity contribution in [3.05, 3.63) is 0 Å². The second kappa shape index (κ2) is 6.65. The number of likely N-dealkylation sites (tertiary alicyclic amines) is 2. The van der Waals surface area contributed by atoms with Crippen LogP contribution in [0.1, 0.15) is 32.1 Å². The van der Waals surface area contributed by atoms with E-state index >= 15 is 0 Å². The van der Waals surface area contributed by atoms with E-state index in [1.807, 2.05) is 5.32 Å². The van der Waals surface area contributed by atoms with Gasteiger partial charge in [-0.2, -0.15) is 13.2 Å². The molecule has 2 fully saturated rings. The molecule has 0 bridgehead atoms. The normalized spacial score (nSPS) is 22.9. The topological polar surface area (TPSA) is 35.6 Å². The van der Waals surface area contributed by atoms with Gasteiger partial charge in [0, 0.05) is 19.1 Å². The highest BCUT2D eigenvalue weighted by Crippen LogP contribution is 2.21. The fraction of sp³-hybridized carbons (Fsp3) is 0.923. The first kappa shape index (κ1) is 15.4. The fourth-order valence-corrected chi connectivity index (χ4v) is 3.01. The first-order valence-electron chi connectivity index (χ1n) is 7.29. The Morgan fingerprint density at radius 3 is 2.20 bits per heavy atom. The molecule has 2 amide bonds. The third kappa shape index (κ3) is 4.54. The maximum Gasteiger partial charge on any atom is 0.405 e. The lowest BCUT2D eigenvalue weighted by molar-refractivity contribution is -0.123. The molecule has 2 heterocycles. The number of alkyl halides is 3. The first-order chi connectivity index (χ1) is 9.46. The summed E-state index contributed by atoms with van der Waals surface area (Å²) in [5, 5.41) is 1.94. The molecule has 1 N–H and O–H groups in total. The standard InChI is InChI=1S/C13H22F3N3O/c14-13(15,16)10-17-12(20)19-8-4-11(5-9-19)18-6-2-1-3-7-18/h11H,1-10H2,(H,17,20). The number of hydrogen-bond acceptors (Lipinski definition) is 2. The number of carbonyl (C=O) groups is 1. The minimum Gasteiger partial charge on any atom is -0.329 e. The average Bonchev–Trinajstić information content (AvgIpc) is 2.45. The van der Waals surface area contributed by atoms with Crippen molar-refractivity contribution in [1.29, 1.82) is 0 Å². The van der Waals surface area contributed by atoms with Crippen molar-refractivity contribution in [2.24, 2.45) is 0 Å².